The number of thiophene rings is 1. The minimum absolute atomic E-state index is 0.324. The number of nitrogens with one attached hydrogen (secondary N) is 1. The Bertz CT molecular complexity index is 538. The fourth-order valence-electron chi connectivity index (χ4n) is 1.61. The van der Waals surface area contributed by atoms with E-state index in [1.807, 2.05) is 18.2 Å². The van der Waals surface area contributed by atoms with E-state index < -0.39 is 0 Å². The van der Waals surface area contributed by atoms with Crippen molar-refractivity contribution < 1.29 is 0 Å². The van der Waals surface area contributed by atoms with Crippen molar-refractivity contribution in [3.8, 4) is 0 Å². The van der Waals surface area contributed by atoms with Crippen LogP contribution in [0.3, 0.4) is 0 Å². The Kier molecular flexibility index (Phi) is 4.58. The van der Waals surface area contributed by atoms with Crippen LogP contribution in [0.15, 0.2) is 35.7 Å². The van der Waals surface area contributed by atoms with Gasteiger partial charge in [0.15, 0.2) is 0 Å². The van der Waals surface area contributed by atoms with Gasteiger partial charge in [-0.25, -0.2) is 0 Å². The van der Waals surface area contributed by atoms with Crippen LogP contribution in [-0.2, 0) is 6.42 Å². The molecule has 18 heavy (non-hydrogen) atoms. The molecule has 0 aliphatic heterocycles. The van der Waals surface area contributed by atoms with Crippen molar-refractivity contribution in [2.75, 3.05) is 11.9 Å². The van der Waals surface area contributed by atoms with Crippen LogP contribution in [0, 0.1) is 0 Å². The molecule has 3 N–H and O–H groups in total. The van der Waals surface area contributed by atoms with E-state index in [9.17, 15) is 0 Å². The normalized spacial score (nSPS) is 10.3. The van der Waals surface area contributed by atoms with Gasteiger partial charge in [-0.3, -0.25) is 0 Å². The number of nitrogens with two attached hydrogens (primary N) is 1. The van der Waals surface area contributed by atoms with Crippen molar-refractivity contribution in [2.24, 2.45) is 5.73 Å². The van der Waals surface area contributed by atoms with Crippen LogP contribution in [0.5, 0.6) is 0 Å². The van der Waals surface area contributed by atoms with Crippen LogP contribution in [0.4, 0.5) is 5.69 Å². The van der Waals surface area contributed by atoms with Crippen LogP contribution >= 0.6 is 35.2 Å². The summed E-state index contributed by atoms with van der Waals surface area (Å²) in [5.74, 6) is 0. The van der Waals surface area contributed by atoms with Crippen LogP contribution in [0.25, 0.3) is 0 Å². The summed E-state index contributed by atoms with van der Waals surface area (Å²) in [7, 11) is 0. The topological polar surface area (TPSA) is 38.0 Å². The highest BCUT2D eigenvalue weighted by molar-refractivity contribution is 7.80. The van der Waals surface area contributed by atoms with Crippen molar-refractivity contribution in [1.29, 1.82) is 0 Å². The highest BCUT2D eigenvalue weighted by atomic mass is 35.5. The van der Waals surface area contributed by atoms with Gasteiger partial charge in [-0.15, -0.1) is 11.3 Å². The number of hydrogen-bond acceptors (Lipinski definition) is 3. The smallest absolute Gasteiger partial charge is 0.105 e. The minimum atomic E-state index is 0.324. The number of halogens is 1. The first-order chi connectivity index (χ1) is 8.66. The predicted octanol–water partition coefficient (Wildman–Crippen LogP) is 3.69. The molecule has 1 aromatic carbocycles. The van der Waals surface area contributed by atoms with Gasteiger partial charge in [0.25, 0.3) is 0 Å². The fraction of sp³-hybridized carbons (Fsp3) is 0.154. The molecule has 0 bridgehead atoms. The zero-order valence-electron chi connectivity index (χ0n) is 9.65. The Morgan fingerprint density at radius 2 is 2.22 bits per heavy atom. The number of anilines is 1. The van der Waals surface area contributed by atoms with Gasteiger partial charge in [-0.05, 0) is 36.1 Å². The summed E-state index contributed by atoms with van der Waals surface area (Å²) < 4.78 is 0. The molecule has 0 aliphatic carbocycles. The molecular weight excluding hydrogens is 284 g/mol. The van der Waals surface area contributed by atoms with Gasteiger partial charge >= 0.3 is 0 Å². The van der Waals surface area contributed by atoms with E-state index >= 15 is 0 Å². The van der Waals surface area contributed by atoms with E-state index in [4.69, 9.17) is 29.6 Å². The largest absolute Gasteiger partial charge is 0.389 e. The fourth-order valence-corrected chi connectivity index (χ4v) is 2.84. The molecule has 2 aromatic rings. The lowest BCUT2D eigenvalue weighted by Gasteiger charge is -2.08. The van der Waals surface area contributed by atoms with Crippen molar-refractivity contribution in [3.05, 3.63) is 51.2 Å². The molecule has 0 saturated carbocycles. The summed E-state index contributed by atoms with van der Waals surface area (Å²) >= 11 is 12.8. The van der Waals surface area contributed by atoms with Gasteiger partial charge < -0.3 is 11.1 Å². The zero-order chi connectivity index (χ0) is 13.0. The Morgan fingerprint density at radius 1 is 1.39 bits per heavy atom. The molecular formula is C13H13ClN2S2. The first kappa shape index (κ1) is 13.3. The molecule has 0 atom stereocenters. The Balaban J connectivity index is 1.94. The Labute approximate surface area is 121 Å². The van der Waals surface area contributed by atoms with Crippen LogP contribution in [-0.4, -0.2) is 11.5 Å². The molecule has 0 spiro atoms. The highest BCUT2D eigenvalue weighted by Gasteiger charge is 2.04. The second-order valence-corrected chi connectivity index (χ2v) is 5.69. The molecule has 0 unspecified atom stereocenters. The lowest BCUT2D eigenvalue weighted by atomic mass is 10.2. The number of thiocarbonyl (C=S) groups is 1. The summed E-state index contributed by atoms with van der Waals surface area (Å²) in [5.41, 5.74) is 7.26. The average molecular weight is 297 g/mol. The third-order valence-electron chi connectivity index (χ3n) is 2.52. The molecule has 0 radical (unpaired) electrons. The van der Waals surface area contributed by atoms with Gasteiger partial charge in [0.1, 0.15) is 4.99 Å². The maximum atomic E-state index is 6.10. The maximum Gasteiger partial charge on any atom is 0.105 e. The van der Waals surface area contributed by atoms with Gasteiger partial charge in [0.2, 0.25) is 0 Å². The summed E-state index contributed by atoms with van der Waals surface area (Å²) in [6.45, 7) is 0.878. The van der Waals surface area contributed by atoms with Crippen LogP contribution in [0.1, 0.15) is 10.4 Å². The molecule has 5 heteroatoms. The maximum absolute atomic E-state index is 6.10. The van der Waals surface area contributed by atoms with Crippen LogP contribution < -0.4 is 11.1 Å². The number of rotatable bonds is 5. The molecule has 0 saturated heterocycles. The van der Waals surface area contributed by atoms with Crippen molar-refractivity contribution in [2.45, 2.75) is 6.42 Å². The van der Waals surface area contributed by atoms with Gasteiger partial charge in [0, 0.05) is 22.7 Å². The van der Waals surface area contributed by atoms with Gasteiger partial charge in [0.05, 0.1) is 5.02 Å². The van der Waals surface area contributed by atoms with E-state index in [1.54, 1.807) is 11.3 Å². The average Bonchev–Trinajstić information content (AvgIpc) is 2.81. The number of hydrogen-bond donors (Lipinski definition) is 2. The minimum Gasteiger partial charge on any atom is -0.389 e. The summed E-state index contributed by atoms with van der Waals surface area (Å²) in [4.78, 5) is 1.69. The van der Waals surface area contributed by atoms with Crippen molar-refractivity contribution in [3.63, 3.8) is 0 Å². The summed E-state index contributed by atoms with van der Waals surface area (Å²) in [5, 5.41) is 6.00. The van der Waals surface area contributed by atoms with E-state index in [-0.39, 0.29) is 0 Å². The molecule has 94 valence electrons. The van der Waals surface area contributed by atoms with Crippen molar-refractivity contribution in [1.82, 2.24) is 0 Å². The van der Waals surface area contributed by atoms with Crippen molar-refractivity contribution >= 4 is 45.8 Å². The Hall–Kier alpha value is -1.10. The van der Waals surface area contributed by atoms with Gasteiger partial charge in [-0.1, -0.05) is 29.9 Å². The van der Waals surface area contributed by atoms with E-state index in [1.165, 1.54) is 4.88 Å². The molecule has 0 fully saturated rings. The second kappa shape index (κ2) is 6.18. The summed E-state index contributed by atoms with van der Waals surface area (Å²) in [6.07, 6.45) is 1.01. The van der Waals surface area contributed by atoms with E-state index in [0.717, 1.165) is 24.2 Å². The molecule has 2 nitrogen and oxygen atoms in total. The van der Waals surface area contributed by atoms with E-state index in [0.29, 0.717) is 10.0 Å². The SMILES string of the molecule is NC(=S)c1ccc(NCCc2cccs2)cc1Cl. The molecule has 0 aliphatic rings. The first-order valence-corrected chi connectivity index (χ1v) is 7.19. The summed E-state index contributed by atoms with van der Waals surface area (Å²) in [6, 6.07) is 9.83. The second-order valence-electron chi connectivity index (χ2n) is 3.82. The standard InChI is InChI=1S/C13H13ClN2S2/c14-12-8-9(3-4-11(12)13(15)17)16-6-5-10-2-1-7-18-10/h1-4,7-8,16H,5-6H2,(H2,15,17). The predicted molar refractivity (Wildman–Crippen MR) is 83.9 cm³/mol. The monoisotopic (exact) mass is 296 g/mol. The third kappa shape index (κ3) is 3.45. The first-order valence-electron chi connectivity index (χ1n) is 5.52. The van der Waals surface area contributed by atoms with Gasteiger partial charge in [-0.2, -0.15) is 0 Å². The van der Waals surface area contributed by atoms with E-state index in [2.05, 4.69) is 22.8 Å². The lowest BCUT2D eigenvalue weighted by Crippen LogP contribution is -2.10. The zero-order valence-corrected chi connectivity index (χ0v) is 12.0. The molecule has 1 aromatic heterocycles. The molecule has 0 amide bonds. The highest BCUT2D eigenvalue weighted by Crippen LogP contribution is 2.21. The molecule has 1 heterocycles. The Morgan fingerprint density at radius 3 is 2.83 bits per heavy atom. The quantitative estimate of drug-likeness (QED) is 0.827. The lowest BCUT2D eigenvalue weighted by molar-refractivity contribution is 1.04. The third-order valence-corrected chi connectivity index (χ3v) is 3.98. The van der Waals surface area contributed by atoms with Crippen LogP contribution in [0.2, 0.25) is 5.02 Å². The molecule has 2 rings (SSSR count). The number of benzene rings is 1.